The summed E-state index contributed by atoms with van der Waals surface area (Å²) in [6, 6.07) is 8.37. The van der Waals surface area contributed by atoms with Gasteiger partial charge in [-0.2, -0.15) is 0 Å². The molecule has 2 amide bonds. The van der Waals surface area contributed by atoms with Gasteiger partial charge in [0, 0.05) is 23.2 Å². The van der Waals surface area contributed by atoms with E-state index in [9.17, 15) is 4.79 Å². The number of rotatable bonds is 4. The fraction of sp³-hybridized carbons (Fsp3) is 0.471. The molecule has 1 fully saturated rings. The van der Waals surface area contributed by atoms with Crippen molar-refractivity contribution in [3.8, 4) is 0 Å². The summed E-state index contributed by atoms with van der Waals surface area (Å²) in [5.74, 6) is 0. The number of hydrogen-bond acceptors (Lipinski definition) is 6. The molecular formula is C17H23N5OS2. The number of aryl methyl sites for hydroxylation is 1. The minimum Gasteiger partial charge on any atom is -0.374 e. The van der Waals surface area contributed by atoms with Gasteiger partial charge in [-0.15, -0.1) is 22.0 Å². The van der Waals surface area contributed by atoms with Gasteiger partial charge in [-0.1, -0.05) is 29.0 Å². The van der Waals surface area contributed by atoms with Crippen LogP contribution in [0.15, 0.2) is 29.2 Å². The number of piperidine rings is 1. The van der Waals surface area contributed by atoms with Crippen LogP contribution in [0.3, 0.4) is 0 Å². The van der Waals surface area contributed by atoms with E-state index in [0.717, 1.165) is 30.9 Å². The van der Waals surface area contributed by atoms with Crippen molar-refractivity contribution in [2.24, 2.45) is 0 Å². The Morgan fingerprint density at radius 1 is 1.40 bits per heavy atom. The first kappa shape index (κ1) is 18.0. The standard InChI is InChI=1S/C17H23N5OS2/c1-11-4-3-5-14(10-11)24-13-6-8-22(9-7-13)17(23)19-12(2)15-20-21-16(18)25-15/h3-5,10,12-13H,6-9H2,1-2H3,(H2,18,21)(H,19,23)/t12-/m0/s1. The molecule has 1 aromatic carbocycles. The molecule has 0 spiro atoms. The first-order valence-electron chi connectivity index (χ1n) is 8.39. The van der Waals surface area contributed by atoms with Crippen LogP contribution in [0.4, 0.5) is 9.93 Å². The second-order valence-corrected chi connectivity index (χ2v) is 8.68. The maximum atomic E-state index is 12.4. The van der Waals surface area contributed by atoms with Crippen molar-refractivity contribution in [3.05, 3.63) is 34.8 Å². The number of anilines is 1. The van der Waals surface area contributed by atoms with Crippen LogP contribution in [0.2, 0.25) is 0 Å². The third kappa shape index (κ3) is 4.85. The molecule has 25 heavy (non-hydrogen) atoms. The quantitative estimate of drug-likeness (QED) is 0.852. The largest absolute Gasteiger partial charge is 0.374 e. The molecule has 0 saturated carbocycles. The van der Waals surface area contributed by atoms with E-state index in [2.05, 4.69) is 46.7 Å². The normalized spacial score (nSPS) is 16.6. The molecule has 1 atom stereocenters. The summed E-state index contributed by atoms with van der Waals surface area (Å²) in [4.78, 5) is 15.6. The number of aromatic nitrogens is 2. The predicted octanol–water partition coefficient (Wildman–Crippen LogP) is 3.46. The maximum Gasteiger partial charge on any atom is 0.317 e. The molecule has 134 valence electrons. The monoisotopic (exact) mass is 377 g/mol. The second kappa shape index (κ2) is 8.05. The molecule has 0 aliphatic carbocycles. The molecule has 1 aliphatic rings. The highest BCUT2D eigenvalue weighted by Gasteiger charge is 2.25. The van der Waals surface area contributed by atoms with Crippen molar-refractivity contribution in [2.75, 3.05) is 18.8 Å². The van der Waals surface area contributed by atoms with Gasteiger partial charge in [0.05, 0.1) is 6.04 Å². The van der Waals surface area contributed by atoms with E-state index >= 15 is 0 Å². The number of likely N-dealkylation sites (tertiary alicyclic amines) is 1. The molecule has 3 N–H and O–H groups in total. The Morgan fingerprint density at radius 2 is 2.16 bits per heavy atom. The Morgan fingerprint density at radius 3 is 2.80 bits per heavy atom. The molecule has 0 bridgehead atoms. The van der Waals surface area contributed by atoms with Crippen LogP contribution in [0.1, 0.15) is 36.4 Å². The van der Waals surface area contributed by atoms with Crippen molar-refractivity contribution in [2.45, 2.75) is 42.9 Å². The van der Waals surface area contributed by atoms with Crippen molar-refractivity contribution >= 4 is 34.3 Å². The number of nitrogens with one attached hydrogen (secondary N) is 1. The Kier molecular flexibility index (Phi) is 5.80. The zero-order valence-electron chi connectivity index (χ0n) is 14.4. The van der Waals surface area contributed by atoms with Crippen LogP contribution in [0.5, 0.6) is 0 Å². The summed E-state index contributed by atoms with van der Waals surface area (Å²) >= 11 is 3.22. The molecule has 2 aromatic rings. The number of benzene rings is 1. The minimum atomic E-state index is -0.179. The molecule has 0 radical (unpaired) electrons. The molecule has 8 heteroatoms. The lowest BCUT2D eigenvalue weighted by Crippen LogP contribution is -2.45. The Bertz CT molecular complexity index is 727. The number of carbonyl (C=O) groups excluding carboxylic acids is 1. The predicted molar refractivity (Wildman–Crippen MR) is 103 cm³/mol. The zero-order valence-corrected chi connectivity index (χ0v) is 16.1. The van der Waals surface area contributed by atoms with E-state index in [1.807, 2.05) is 23.6 Å². The van der Waals surface area contributed by atoms with Crippen LogP contribution in [0, 0.1) is 6.92 Å². The van der Waals surface area contributed by atoms with E-state index in [1.54, 1.807) is 0 Å². The molecule has 1 aliphatic heterocycles. The molecule has 6 nitrogen and oxygen atoms in total. The van der Waals surface area contributed by atoms with Gasteiger partial charge in [0.15, 0.2) is 0 Å². The van der Waals surface area contributed by atoms with Crippen LogP contribution in [-0.2, 0) is 0 Å². The van der Waals surface area contributed by atoms with Crippen LogP contribution < -0.4 is 11.1 Å². The van der Waals surface area contributed by atoms with E-state index < -0.39 is 0 Å². The Balaban J connectivity index is 1.47. The number of carbonyl (C=O) groups is 1. The average Bonchev–Trinajstić information content (AvgIpc) is 3.02. The first-order valence-corrected chi connectivity index (χ1v) is 10.1. The zero-order chi connectivity index (χ0) is 17.8. The lowest BCUT2D eigenvalue weighted by Gasteiger charge is -2.32. The number of nitrogen functional groups attached to an aromatic ring is 1. The summed E-state index contributed by atoms with van der Waals surface area (Å²) in [5.41, 5.74) is 6.88. The third-order valence-corrected chi connectivity index (χ3v) is 6.45. The highest BCUT2D eigenvalue weighted by Crippen LogP contribution is 2.31. The van der Waals surface area contributed by atoms with Crippen molar-refractivity contribution in [1.82, 2.24) is 20.4 Å². The summed E-state index contributed by atoms with van der Waals surface area (Å²) in [5, 5.41) is 12.5. The van der Waals surface area contributed by atoms with Crippen molar-refractivity contribution in [1.29, 1.82) is 0 Å². The maximum absolute atomic E-state index is 12.4. The van der Waals surface area contributed by atoms with Crippen LogP contribution >= 0.6 is 23.1 Å². The highest BCUT2D eigenvalue weighted by molar-refractivity contribution is 8.00. The third-order valence-electron chi connectivity index (χ3n) is 4.19. The van der Waals surface area contributed by atoms with Crippen LogP contribution in [0.25, 0.3) is 0 Å². The van der Waals surface area contributed by atoms with E-state index in [4.69, 9.17) is 5.73 Å². The van der Waals surface area contributed by atoms with Gasteiger partial charge >= 0.3 is 6.03 Å². The topological polar surface area (TPSA) is 84.1 Å². The van der Waals surface area contributed by atoms with E-state index in [1.165, 1.54) is 21.8 Å². The number of hydrogen-bond donors (Lipinski definition) is 2. The summed E-state index contributed by atoms with van der Waals surface area (Å²) < 4.78 is 0. The Hall–Kier alpha value is -1.80. The van der Waals surface area contributed by atoms with Gasteiger partial charge in [0.1, 0.15) is 5.01 Å². The van der Waals surface area contributed by atoms with Gasteiger partial charge < -0.3 is 16.0 Å². The van der Waals surface area contributed by atoms with Gasteiger partial charge in [-0.05, 0) is 38.8 Å². The molecule has 1 aromatic heterocycles. The summed E-state index contributed by atoms with van der Waals surface area (Å²) in [7, 11) is 0. The number of urea groups is 1. The fourth-order valence-corrected chi connectivity index (χ4v) is 4.67. The van der Waals surface area contributed by atoms with Gasteiger partial charge in [0.25, 0.3) is 0 Å². The van der Waals surface area contributed by atoms with Crippen molar-refractivity contribution in [3.63, 3.8) is 0 Å². The fourth-order valence-electron chi connectivity index (χ4n) is 2.82. The molecule has 3 rings (SSSR count). The summed E-state index contributed by atoms with van der Waals surface area (Å²) in [6.45, 7) is 5.57. The summed E-state index contributed by atoms with van der Waals surface area (Å²) in [6.07, 6.45) is 2.01. The van der Waals surface area contributed by atoms with Gasteiger partial charge in [-0.25, -0.2) is 4.79 Å². The number of nitrogens with two attached hydrogens (primary N) is 1. The lowest BCUT2D eigenvalue weighted by molar-refractivity contribution is 0.184. The number of amides is 2. The number of nitrogens with zero attached hydrogens (tertiary/aromatic N) is 3. The average molecular weight is 378 g/mol. The minimum absolute atomic E-state index is 0.0414. The van der Waals surface area contributed by atoms with E-state index in [-0.39, 0.29) is 12.1 Å². The second-order valence-electron chi connectivity index (χ2n) is 6.27. The Labute approximate surface area is 156 Å². The highest BCUT2D eigenvalue weighted by atomic mass is 32.2. The van der Waals surface area contributed by atoms with Crippen molar-refractivity contribution < 1.29 is 4.79 Å². The van der Waals surface area contributed by atoms with Crippen LogP contribution in [-0.4, -0.2) is 39.5 Å². The molecular weight excluding hydrogens is 354 g/mol. The molecule has 1 saturated heterocycles. The first-order chi connectivity index (χ1) is 12.0. The lowest BCUT2D eigenvalue weighted by atomic mass is 10.1. The van der Waals surface area contributed by atoms with Gasteiger partial charge in [-0.3, -0.25) is 0 Å². The SMILES string of the molecule is Cc1cccc(SC2CCN(C(=O)N[C@@H](C)c3nnc(N)s3)CC2)c1. The van der Waals surface area contributed by atoms with Gasteiger partial charge in [0.2, 0.25) is 5.13 Å². The molecule has 2 heterocycles. The smallest absolute Gasteiger partial charge is 0.317 e. The number of thioether (sulfide) groups is 1. The molecule has 0 unspecified atom stereocenters. The van der Waals surface area contributed by atoms with E-state index in [0.29, 0.717) is 10.4 Å².